The van der Waals surface area contributed by atoms with E-state index in [1.54, 1.807) is 23.0 Å². The van der Waals surface area contributed by atoms with Crippen LogP contribution in [0.2, 0.25) is 0 Å². The van der Waals surface area contributed by atoms with Gasteiger partial charge in [0.25, 0.3) is 5.69 Å². The number of non-ortho nitro benzene ring substituents is 1. The molecule has 0 saturated carbocycles. The zero-order valence-electron chi connectivity index (χ0n) is 10.4. The molecule has 0 aliphatic rings. The van der Waals surface area contributed by atoms with Crippen LogP contribution in [0.25, 0.3) is 10.9 Å². The van der Waals surface area contributed by atoms with E-state index < -0.39 is 4.92 Å². The molecule has 1 aromatic heterocycles. The number of hydrogen-bond acceptors (Lipinski definition) is 3. The van der Waals surface area contributed by atoms with Gasteiger partial charge in [-0.25, -0.2) is 0 Å². The molecule has 3 aromatic rings. The zero-order chi connectivity index (χ0) is 14.1. The summed E-state index contributed by atoms with van der Waals surface area (Å²) >= 11 is 3.43. The Balaban J connectivity index is 2.03. The number of benzene rings is 2. The lowest BCUT2D eigenvalue weighted by atomic mass is 10.2. The van der Waals surface area contributed by atoms with Gasteiger partial charge in [-0.2, -0.15) is 5.10 Å². The van der Waals surface area contributed by atoms with Crippen LogP contribution in [-0.2, 0) is 6.54 Å². The van der Waals surface area contributed by atoms with Crippen LogP contribution < -0.4 is 0 Å². The third kappa shape index (κ3) is 2.42. The van der Waals surface area contributed by atoms with Gasteiger partial charge in [-0.05, 0) is 23.8 Å². The van der Waals surface area contributed by atoms with Crippen LogP contribution in [0.1, 0.15) is 5.56 Å². The molecule has 0 fully saturated rings. The fourth-order valence-electron chi connectivity index (χ4n) is 2.11. The largest absolute Gasteiger partial charge is 0.271 e. The van der Waals surface area contributed by atoms with Crippen molar-refractivity contribution in [2.24, 2.45) is 0 Å². The van der Waals surface area contributed by atoms with E-state index in [9.17, 15) is 10.1 Å². The maximum absolute atomic E-state index is 10.9. The molecule has 5 nitrogen and oxygen atoms in total. The lowest BCUT2D eigenvalue weighted by Crippen LogP contribution is -2.01. The molecule has 1 heterocycles. The number of aromatic nitrogens is 2. The van der Waals surface area contributed by atoms with Crippen molar-refractivity contribution >= 4 is 32.5 Å². The highest BCUT2D eigenvalue weighted by molar-refractivity contribution is 9.10. The summed E-state index contributed by atoms with van der Waals surface area (Å²) in [6, 6.07) is 12.7. The number of nitrogens with zero attached hydrogens (tertiary/aromatic N) is 3. The first-order chi connectivity index (χ1) is 9.63. The van der Waals surface area contributed by atoms with Crippen molar-refractivity contribution in [3.05, 3.63) is 68.8 Å². The molecular formula is C14H10BrN3O2. The van der Waals surface area contributed by atoms with E-state index in [0.29, 0.717) is 6.54 Å². The van der Waals surface area contributed by atoms with Gasteiger partial charge in [-0.15, -0.1) is 0 Å². The highest BCUT2D eigenvalue weighted by Crippen LogP contribution is 2.22. The van der Waals surface area contributed by atoms with Gasteiger partial charge in [0.2, 0.25) is 0 Å². The number of fused-ring (bicyclic) bond motifs is 1. The van der Waals surface area contributed by atoms with Crippen LogP contribution in [-0.4, -0.2) is 14.7 Å². The minimum atomic E-state index is -0.393. The predicted octanol–water partition coefficient (Wildman–Crippen LogP) is 3.76. The first-order valence-electron chi connectivity index (χ1n) is 5.98. The normalized spacial score (nSPS) is 10.8. The average molecular weight is 332 g/mol. The highest BCUT2D eigenvalue weighted by atomic mass is 79.9. The summed E-state index contributed by atoms with van der Waals surface area (Å²) in [7, 11) is 0. The zero-order valence-corrected chi connectivity index (χ0v) is 11.9. The molecule has 3 rings (SSSR count). The Hall–Kier alpha value is -2.21. The highest BCUT2D eigenvalue weighted by Gasteiger charge is 2.10. The van der Waals surface area contributed by atoms with Crippen molar-refractivity contribution in [3.8, 4) is 0 Å². The second-order valence-corrected chi connectivity index (χ2v) is 5.35. The molecule has 100 valence electrons. The quantitative estimate of drug-likeness (QED) is 0.542. The maximum Gasteiger partial charge on any atom is 0.271 e. The molecular weight excluding hydrogens is 322 g/mol. The van der Waals surface area contributed by atoms with E-state index in [1.165, 1.54) is 6.07 Å². The van der Waals surface area contributed by atoms with Gasteiger partial charge < -0.3 is 0 Å². The fourth-order valence-corrected chi connectivity index (χ4v) is 2.55. The van der Waals surface area contributed by atoms with Crippen LogP contribution in [0.15, 0.2) is 53.1 Å². The third-order valence-electron chi connectivity index (χ3n) is 3.06. The lowest BCUT2D eigenvalue weighted by molar-refractivity contribution is -0.384. The molecule has 0 bridgehead atoms. The molecule has 0 radical (unpaired) electrons. The Morgan fingerprint density at radius 1 is 1.25 bits per heavy atom. The lowest BCUT2D eigenvalue weighted by Gasteiger charge is -2.04. The first kappa shape index (κ1) is 12.8. The second-order valence-electron chi connectivity index (χ2n) is 4.43. The Bertz CT molecular complexity index is 798. The van der Waals surface area contributed by atoms with E-state index in [-0.39, 0.29) is 5.69 Å². The van der Waals surface area contributed by atoms with Gasteiger partial charge in [0.15, 0.2) is 0 Å². The van der Waals surface area contributed by atoms with Crippen molar-refractivity contribution in [2.75, 3.05) is 0 Å². The molecule has 0 aliphatic heterocycles. The summed E-state index contributed by atoms with van der Waals surface area (Å²) in [4.78, 5) is 10.5. The van der Waals surface area contributed by atoms with E-state index in [4.69, 9.17) is 0 Å². The molecule has 2 aromatic carbocycles. The van der Waals surface area contributed by atoms with E-state index in [0.717, 1.165) is 20.9 Å². The molecule has 0 aliphatic carbocycles. The Kier molecular flexibility index (Phi) is 3.23. The van der Waals surface area contributed by atoms with Gasteiger partial charge in [-0.3, -0.25) is 14.8 Å². The van der Waals surface area contributed by atoms with Crippen molar-refractivity contribution in [2.45, 2.75) is 6.54 Å². The summed E-state index contributed by atoms with van der Waals surface area (Å²) in [5, 5.41) is 16.0. The minimum Gasteiger partial charge on any atom is -0.260 e. The molecule has 20 heavy (non-hydrogen) atoms. The summed E-state index contributed by atoms with van der Waals surface area (Å²) in [6.45, 7) is 0.574. The SMILES string of the molecule is O=[N+]([O-])c1ccc2cnn(Cc3cccc(Br)c3)c2c1. The van der Waals surface area contributed by atoms with Gasteiger partial charge in [0, 0.05) is 22.0 Å². The average Bonchev–Trinajstić information content (AvgIpc) is 2.81. The van der Waals surface area contributed by atoms with Gasteiger partial charge >= 0.3 is 0 Å². The Labute approximate surface area is 123 Å². The topological polar surface area (TPSA) is 61.0 Å². The van der Waals surface area contributed by atoms with Crippen LogP contribution >= 0.6 is 15.9 Å². The third-order valence-corrected chi connectivity index (χ3v) is 3.55. The monoisotopic (exact) mass is 331 g/mol. The summed E-state index contributed by atoms with van der Waals surface area (Å²) in [5.41, 5.74) is 1.92. The number of halogens is 1. The van der Waals surface area contributed by atoms with Crippen LogP contribution in [0.4, 0.5) is 5.69 Å². The molecule has 0 amide bonds. The van der Waals surface area contributed by atoms with E-state index in [2.05, 4.69) is 21.0 Å². The van der Waals surface area contributed by atoms with Gasteiger partial charge in [-0.1, -0.05) is 28.1 Å². The molecule has 0 N–H and O–H groups in total. The minimum absolute atomic E-state index is 0.0773. The van der Waals surface area contributed by atoms with Gasteiger partial charge in [0.05, 0.1) is 23.2 Å². The van der Waals surface area contributed by atoms with Crippen molar-refractivity contribution < 1.29 is 4.92 Å². The van der Waals surface area contributed by atoms with Crippen molar-refractivity contribution in [1.29, 1.82) is 0 Å². The standard InChI is InChI=1S/C14H10BrN3O2/c15-12-3-1-2-10(6-12)9-17-14-7-13(18(19)20)5-4-11(14)8-16-17/h1-8H,9H2. The number of rotatable bonds is 3. The summed E-state index contributed by atoms with van der Waals surface area (Å²) < 4.78 is 2.77. The van der Waals surface area contributed by atoms with E-state index >= 15 is 0 Å². The second kappa shape index (κ2) is 5.05. The number of nitro benzene ring substituents is 1. The maximum atomic E-state index is 10.9. The van der Waals surface area contributed by atoms with E-state index in [1.807, 2.05) is 24.3 Å². The summed E-state index contributed by atoms with van der Waals surface area (Å²) in [5.74, 6) is 0. The van der Waals surface area contributed by atoms with Crippen LogP contribution in [0, 0.1) is 10.1 Å². The van der Waals surface area contributed by atoms with Crippen LogP contribution in [0.5, 0.6) is 0 Å². The molecule has 6 heteroatoms. The first-order valence-corrected chi connectivity index (χ1v) is 6.77. The fraction of sp³-hybridized carbons (Fsp3) is 0.0714. The Morgan fingerprint density at radius 2 is 2.10 bits per heavy atom. The number of nitro groups is 1. The molecule has 0 spiro atoms. The molecule has 0 saturated heterocycles. The van der Waals surface area contributed by atoms with Crippen molar-refractivity contribution in [1.82, 2.24) is 9.78 Å². The summed E-state index contributed by atoms with van der Waals surface area (Å²) in [6.07, 6.45) is 1.72. The molecule has 0 unspecified atom stereocenters. The number of hydrogen-bond donors (Lipinski definition) is 0. The smallest absolute Gasteiger partial charge is 0.260 e. The van der Waals surface area contributed by atoms with Crippen molar-refractivity contribution in [3.63, 3.8) is 0 Å². The predicted molar refractivity (Wildman–Crippen MR) is 79.6 cm³/mol. The van der Waals surface area contributed by atoms with Gasteiger partial charge in [0.1, 0.15) is 0 Å². The molecule has 0 atom stereocenters. The van der Waals surface area contributed by atoms with Crippen LogP contribution in [0.3, 0.4) is 0 Å². The Morgan fingerprint density at radius 3 is 2.85 bits per heavy atom.